The summed E-state index contributed by atoms with van der Waals surface area (Å²) < 4.78 is 5.30. The van der Waals surface area contributed by atoms with Gasteiger partial charge in [0, 0.05) is 19.0 Å². The van der Waals surface area contributed by atoms with E-state index in [2.05, 4.69) is 0 Å². The van der Waals surface area contributed by atoms with Crippen LogP contribution in [0.2, 0.25) is 0 Å². The third-order valence-electron chi connectivity index (χ3n) is 4.10. The highest BCUT2D eigenvalue weighted by Crippen LogP contribution is 2.32. The van der Waals surface area contributed by atoms with E-state index in [-0.39, 0.29) is 17.9 Å². The first-order valence-corrected chi connectivity index (χ1v) is 7.41. The summed E-state index contributed by atoms with van der Waals surface area (Å²) in [5, 5.41) is 0. The molecule has 0 aromatic carbocycles. The van der Waals surface area contributed by atoms with Crippen molar-refractivity contribution in [3.63, 3.8) is 0 Å². The minimum absolute atomic E-state index is 0.106. The van der Waals surface area contributed by atoms with Gasteiger partial charge in [-0.3, -0.25) is 9.59 Å². The summed E-state index contributed by atoms with van der Waals surface area (Å²) >= 11 is 0. The average molecular weight is 269 g/mol. The van der Waals surface area contributed by atoms with E-state index >= 15 is 0 Å². The molecule has 1 aliphatic rings. The lowest BCUT2D eigenvalue weighted by Gasteiger charge is -2.33. The monoisotopic (exact) mass is 269 g/mol. The van der Waals surface area contributed by atoms with Crippen LogP contribution in [0.25, 0.3) is 0 Å². The minimum Gasteiger partial charge on any atom is -0.465 e. The van der Waals surface area contributed by atoms with E-state index in [1.165, 1.54) is 0 Å². The first kappa shape index (κ1) is 16.0. The largest absolute Gasteiger partial charge is 0.465 e. The lowest BCUT2D eigenvalue weighted by atomic mass is 9.81. The van der Waals surface area contributed by atoms with Gasteiger partial charge in [0.1, 0.15) is 0 Å². The zero-order chi connectivity index (χ0) is 14.5. The van der Waals surface area contributed by atoms with Crippen LogP contribution < -0.4 is 0 Å². The Balaban J connectivity index is 2.63. The Bertz CT molecular complexity index is 329. The van der Waals surface area contributed by atoms with E-state index in [0.717, 1.165) is 25.8 Å². The first-order chi connectivity index (χ1) is 8.94. The SMILES string of the molecule is CCCOC(=O)C(C)(CC)CC(C)N1CCCC1=O. The quantitative estimate of drug-likeness (QED) is 0.668. The second-order valence-electron chi connectivity index (χ2n) is 5.79. The van der Waals surface area contributed by atoms with Crippen molar-refractivity contribution in [2.45, 2.75) is 65.8 Å². The molecule has 1 saturated heterocycles. The highest BCUT2D eigenvalue weighted by molar-refractivity contribution is 5.79. The van der Waals surface area contributed by atoms with Gasteiger partial charge < -0.3 is 9.64 Å². The van der Waals surface area contributed by atoms with E-state index in [0.29, 0.717) is 19.4 Å². The number of esters is 1. The van der Waals surface area contributed by atoms with Gasteiger partial charge >= 0.3 is 5.97 Å². The molecule has 1 heterocycles. The summed E-state index contributed by atoms with van der Waals surface area (Å²) in [7, 11) is 0. The van der Waals surface area contributed by atoms with Gasteiger partial charge in [-0.2, -0.15) is 0 Å². The summed E-state index contributed by atoms with van der Waals surface area (Å²) in [5.41, 5.74) is -0.489. The number of rotatable bonds is 7. The third-order valence-corrected chi connectivity index (χ3v) is 4.10. The fraction of sp³-hybridized carbons (Fsp3) is 0.867. The molecule has 0 aromatic rings. The fourth-order valence-corrected chi connectivity index (χ4v) is 2.64. The van der Waals surface area contributed by atoms with Crippen LogP contribution in [-0.2, 0) is 14.3 Å². The molecule has 1 amide bonds. The summed E-state index contributed by atoms with van der Waals surface area (Å²) in [5.74, 6) is 0.0863. The fourth-order valence-electron chi connectivity index (χ4n) is 2.64. The zero-order valence-corrected chi connectivity index (χ0v) is 12.7. The number of hydrogen-bond acceptors (Lipinski definition) is 3. The molecule has 19 heavy (non-hydrogen) atoms. The van der Waals surface area contributed by atoms with Crippen LogP contribution >= 0.6 is 0 Å². The van der Waals surface area contributed by atoms with Crippen LogP contribution in [0.3, 0.4) is 0 Å². The van der Waals surface area contributed by atoms with Crippen molar-refractivity contribution >= 4 is 11.9 Å². The van der Waals surface area contributed by atoms with Crippen molar-refractivity contribution in [3.8, 4) is 0 Å². The van der Waals surface area contributed by atoms with Crippen LogP contribution in [0, 0.1) is 5.41 Å². The van der Waals surface area contributed by atoms with Crippen molar-refractivity contribution in [1.29, 1.82) is 0 Å². The van der Waals surface area contributed by atoms with Gasteiger partial charge in [-0.1, -0.05) is 13.8 Å². The van der Waals surface area contributed by atoms with Crippen molar-refractivity contribution in [3.05, 3.63) is 0 Å². The lowest BCUT2D eigenvalue weighted by molar-refractivity contribution is -0.157. The van der Waals surface area contributed by atoms with Gasteiger partial charge in [0.25, 0.3) is 0 Å². The average Bonchev–Trinajstić information content (AvgIpc) is 2.81. The normalized spacial score (nSPS) is 20.2. The van der Waals surface area contributed by atoms with E-state index in [9.17, 15) is 9.59 Å². The summed E-state index contributed by atoms with van der Waals surface area (Å²) in [6.07, 6.45) is 3.84. The molecule has 0 spiro atoms. The molecule has 0 aliphatic carbocycles. The van der Waals surface area contributed by atoms with Gasteiger partial charge in [0.15, 0.2) is 0 Å². The van der Waals surface area contributed by atoms with Crippen molar-refractivity contribution < 1.29 is 14.3 Å². The molecule has 4 nitrogen and oxygen atoms in total. The predicted octanol–water partition coefficient (Wildman–Crippen LogP) is 2.76. The Morgan fingerprint density at radius 1 is 1.47 bits per heavy atom. The van der Waals surface area contributed by atoms with Crippen LogP contribution in [-0.4, -0.2) is 36.0 Å². The van der Waals surface area contributed by atoms with Crippen LogP contribution in [0.5, 0.6) is 0 Å². The maximum Gasteiger partial charge on any atom is 0.311 e. The molecule has 1 fully saturated rings. The summed E-state index contributed by atoms with van der Waals surface area (Å²) in [6, 6.07) is 0.106. The number of ether oxygens (including phenoxy) is 1. The first-order valence-electron chi connectivity index (χ1n) is 7.41. The Hall–Kier alpha value is -1.06. The third kappa shape index (κ3) is 3.95. The Morgan fingerprint density at radius 2 is 2.16 bits per heavy atom. The predicted molar refractivity (Wildman–Crippen MR) is 74.7 cm³/mol. The van der Waals surface area contributed by atoms with Crippen LogP contribution in [0.4, 0.5) is 0 Å². The lowest BCUT2D eigenvalue weighted by Crippen LogP contribution is -2.41. The molecule has 2 atom stereocenters. The molecular weight excluding hydrogens is 242 g/mol. The summed E-state index contributed by atoms with van der Waals surface area (Å²) in [6.45, 7) is 9.27. The highest BCUT2D eigenvalue weighted by atomic mass is 16.5. The number of hydrogen-bond donors (Lipinski definition) is 0. The number of likely N-dealkylation sites (tertiary alicyclic amines) is 1. The summed E-state index contributed by atoms with van der Waals surface area (Å²) in [4.78, 5) is 25.8. The van der Waals surface area contributed by atoms with E-state index in [1.54, 1.807) is 0 Å². The Labute approximate surface area is 116 Å². The van der Waals surface area contributed by atoms with Gasteiger partial charge in [0.2, 0.25) is 5.91 Å². The van der Waals surface area contributed by atoms with E-state index in [4.69, 9.17) is 4.74 Å². The molecule has 110 valence electrons. The second-order valence-corrected chi connectivity index (χ2v) is 5.79. The van der Waals surface area contributed by atoms with Crippen molar-refractivity contribution in [2.24, 2.45) is 5.41 Å². The number of carbonyl (C=O) groups excluding carboxylic acids is 2. The molecule has 0 aromatic heterocycles. The Morgan fingerprint density at radius 3 is 2.63 bits per heavy atom. The molecule has 0 saturated carbocycles. The number of nitrogens with zero attached hydrogens (tertiary/aromatic N) is 1. The molecule has 2 unspecified atom stereocenters. The smallest absolute Gasteiger partial charge is 0.311 e. The van der Waals surface area contributed by atoms with Crippen molar-refractivity contribution in [2.75, 3.05) is 13.2 Å². The van der Waals surface area contributed by atoms with Crippen LogP contribution in [0.1, 0.15) is 59.8 Å². The molecule has 0 radical (unpaired) electrons. The minimum atomic E-state index is -0.489. The standard InChI is InChI=1S/C15H27NO3/c1-5-10-19-14(18)15(4,6-2)11-12(3)16-9-7-8-13(16)17/h12H,5-11H2,1-4H3. The maximum absolute atomic E-state index is 12.2. The van der Waals surface area contributed by atoms with Gasteiger partial charge in [0.05, 0.1) is 12.0 Å². The number of amides is 1. The molecule has 1 rings (SSSR count). The maximum atomic E-state index is 12.2. The van der Waals surface area contributed by atoms with Crippen molar-refractivity contribution in [1.82, 2.24) is 4.90 Å². The molecular formula is C15H27NO3. The number of carbonyl (C=O) groups is 2. The molecule has 0 bridgehead atoms. The topological polar surface area (TPSA) is 46.6 Å². The molecule has 0 N–H and O–H groups in total. The van der Waals surface area contributed by atoms with E-state index < -0.39 is 5.41 Å². The molecule has 1 aliphatic heterocycles. The molecule has 4 heteroatoms. The highest BCUT2D eigenvalue weighted by Gasteiger charge is 2.37. The Kier molecular flexibility index (Phi) is 5.83. The van der Waals surface area contributed by atoms with Gasteiger partial charge in [-0.15, -0.1) is 0 Å². The second kappa shape index (κ2) is 6.92. The zero-order valence-electron chi connectivity index (χ0n) is 12.7. The van der Waals surface area contributed by atoms with Crippen LogP contribution in [0.15, 0.2) is 0 Å². The van der Waals surface area contributed by atoms with E-state index in [1.807, 2.05) is 32.6 Å². The van der Waals surface area contributed by atoms with Gasteiger partial charge in [-0.25, -0.2) is 0 Å². The van der Waals surface area contributed by atoms with Gasteiger partial charge in [-0.05, 0) is 39.5 Å².